The Bertz CT molecular complexity index is 766. The van der Waals surface area contributed by atoms with E-state index in [4.69, 9.17) is 5.21 Å². The number of benzene rings is 1. The Hall–Kier alpha value is -2.68. The summed E-state index contributed by atoms with van der Waals surface area (Å²) in [5.41, 5.74) is 1.14. The Morgan fingerprint density at radius 1 is 1.30 bits per heavy atom. The van der Waals surface area contributed by atoms with Crippen molar-refractivity contribution in [3.05, 3.63) is 52.8 Å². The van der Waals surface area contributed by atoms with Gasteiger partial charge >= 0.3 is 0 Å². The second kappa shape index (κ2) is 4.78. The number of hydrogen-bond acceptors (Lipinski definition) is 6. The molecule has 1 aromatic carbocycles. The van der Waals surface area contributed by atoms with Gasteiger partial charge in [0.2, 0.25) is 11.6 Å². The van der Waals surface area contributed by atoms with Crippen LogP contribution in [0, 0.1) is 10.1 Å². The minimum Gasteiger partial charge on any atom is -0.595 e. The highest BCUT2D eigenvalue weighted by atomic mass is 16.8. The highest BCUT2D eigenvalue weighted by Crippen LogP contribution is 2.30. The van der Waals surface area contributed by atoms with E-state index in [1.165, 1.54) is 16.5 Å². The highest BCUT2D eigenvalue weighted by molar-refractivity contribution is 5.74. The number of nitrogens with one attached hydrogen (secondary N) is 1. The maximum atomic E-state index is 11.0. The minimum atomic E-state index is -1.01. The summed E-state index contributed by atoms with van der Waals surface area (Å²) in [6, 6.07) is 7.73. The molecule has 0 radical (unpaired) electrons. The predicted octanol–water partition coefficient (Wildman–Crippen LogP) is 1.20. The van der Waals surface area contributed by atoms with E-state index in [-0.39, 0.29) is 11.5 Å². The van der Waals surface area contributed by atoms with E-state index in [9.17, 15) is 10.1 Å². The molecule has 3 rings (SSSR count). The standard InChI is InChI=1S/C12H9N5O3/c18-15-11-10(14-12-13-6-1-7-16(11)12)8-2-4-9(5-3-8)17(19)20/h1-7,17,19H. The summed E-state index contributed by atoms with van der Waals surface area (Å²) in [6.07, 6.45) is 3.20. The first-order valence-electron chi connectivity index (χ1n) is 5.71. The summed E-state index contributed by atoms with van der Waals surface area (Å²) in [7, 11) is 0. The van der Waals surface area contributed by atoms with Crippen LogP contribution in [0.5, 0.6) is 0 Å². The second-order valence-corrected chi connectivity index (χ2v) is 4.05. The van der Waals surface area contributed by atoms with E-state index in [0.29, 0.717) is 17.0 Å². The number of nitroso groups, excluding NO2 is 1. The molecule has 1 atom stereocenters. The predicted molar refractivity (Wildman–Crippen MR) is 69.7 cm³/mol. The molecule has 0 aliphatic heterocycles. The van der Waals surface area contributed by atoms with Crippen molar-refractivity contribution in [2.75, 3.05) is 0 Å². The van der Waals surface area contributed by atoms with Gasteiger partial charge in [0, 0.05) is 30.1 Å². The van der Waals surface area contributed by atoms with Gasteiger partial charge in [-0.2, -0.15) is 5.23 Å². The summed E-state index contributed by atoms with van der Waals surface area (Å²) in [5, 5.41) is 21.7. The first kappa shape index (κ1) is 12.4. The lowest BCUT2D eigenvalue weighted by atomic mass is 10.1. The summed E-state index contributed by atoms with van der Waals surface area (Å²) >= 11 is 0. The number of imidazole rings is 1. The first-order chi connectivity index (χ1) is 9.70. The van der Waals surface area contributed by atoms with Crippen LogP contribution in [0.3, 0.4) is 0 Å². The van der Waals surface area contributed by atoms with E-state index < -0.39 is 5.23 Å². The van der Waals surface area contributed by atoms with Crippen LogP contribution in [0.4, 0.5) is 11.5 Å². The molecule has 100 valence electrons. The summed E-state index contributed by atoms with van der Waals surface area (Å²) in [6.45, 7) is 0. The van der Waals surface area contributed by atoms with Crippen LogP contribution in [-0.2, 0) is 0 Å². The van der Waals surface area contributed by atoms with Crippen LogP contribution < -0.4 is 5.23 Å². The largest absolute Gasteiger partial charge is 0.595 e. The zero-order valence-electron chi connectivity index (χ0n) is 10.1. The minimum absolute atomic E-state index is 0.135. The molecule has 0 aliphatic rings. The second-order valence-electron chi connectivity index (χ2n) is 4.05. The Balaban J connectivity index is 2.16. The maximum absolute atomic E-state index is 11.0. The molecule has 3 aromatic rings. The molecule has 0 fully saturated rings. The smallest absolute Gasteiger partial charge is 0.236 e. The Kier molecular flexibility index (Phi) is 2.95. The SMILES string of the molecule is O=Nc1c(-c2ccc([NH+]([O-])O)cc2)nc2ncccn12. The van der Waals surface area contributed by atoms with E-state index in [2.05, 4.69) is 15.1 Å². The van der Waals surface area contributed by atoms with E-state index >= 15 is 0 Å². The first-order valence-corrected chi connectivity index (χ1v) is 5.71. The van der Waals surface area contributed by atoms with Gasteiger partial charge in [0.05, 0.1) is 0 Å². The van der Waals surface area contributed by atoms with Crippen LogP contribution in [0.15, 0.2) is 47.9 Å². The normalized spacial score (nSPS) is 12.5. The topological polar surface area (TPSA) is 107 Å². The fourth-order valence-electron chi connectivity index (χ4n) is 1.93. The fourth-order valence-corrected chi connectivity index (χ4v) is 1.93. The lowest BCUT2D eigenvalue weighted by Crippen LogP contribution is -2.99. The lowest BCUT2D eigenvalue weighted by molar-refractivity contribution is -0.991. The molecule has 1 unspecified atom stereocenters. The average Bonchev–Trinajstić information content (AvgIpc) is 2.85. The molecule has 0 aliphatic carbocycles. The number of fused-ring (bicyclic) bond motifs is 1. The molecule has 8 heteroatoms. The number of rotatable bonds is 3. The van der Waals surface area contributed by atoms with Gasteiger partial charge < -0.3 is 5.21 Å². The van der Waals surface area contributed by atoms with Crippen LogP contribution in [0.25, 0.3) is 17.0 Å². The van der Waals surface area contributed by atoms with Gasteiger partial charge in [0.25, 0.3) is 0 Å². The average molecular weight is 271 g/mol. The Morgan fingerprint density at radius 2 is 2.05 bits per heavy atom. The molecule has 0 spiro atoms. The van der Waals surface area contributed by atoms with Gasteiger partial charge in [0.1, 0.15) is 5.69 Å². The van der Waals surface area contributed by atoms with Gasteiger partial charge in [-0.05, 0) is 23.4 Å². The maximum Gasteiger partial charge on any atom is 0.236 e. The van der Waals surface area contributed by atoms with Gasteiger partial charge in [-0.25, -0.2) is 15.2 Å². The van der Waals surface area contributed by atoms with Crippen molar-refractivity contribution in [2.45, 2.75) is 0 Å². The summed E-state index contributed by atoms with van der Waals surface area (Å²) in [5.74, 6) is 0.496. The molecule has 2 N–H and O–H groups in total. The van der Waals surface area contributed by atoms with Crippen LogP contribution >= 0.6 is 0 Å². The van der Waals surface area contributed by atoms with Crippen molar-refractivity contribution in [2.24, 2.45) is 5.18 Å². The van der Waals surface area contributed by atoms with Gasteiger partial charge in [0.15, 0.2) is 5.69 Å². The van der Waals surface area contributed by atoms with Crippen molar-refractivity contribution in [3.63, 3.8) is 0 Å². The third kappa shape index (κ3) is 1.93. The van der Waals surface area contributed by atoms with E-state index in [0.717, 1.165) is 0 Å². The Labute approximate surface area is 112 Å². The fraction of sp³-hybridized carbons (Fsp3) is 0. The molecule has 0 bridgehead atoms. The monoisotopic (exact) mass is 271 g/mol. The lowest BCUT2D eigenvalue weighted by Gasteiger charge is -2.11. The zero-order valence-corrected chi connectivity index (χ0v) is 10.1. The molecule has 0 saturated carbocycles. The van der Waals surface area contributed by atoms with Gasteiger partial charge in [-0.15, -0.1) is 4.91 Å². The van der Waals surface area contributed by atoms with Gasteiger partial charge in [-0.1, -0.05) is 0 Å². The van der Waals surface area contributed by atoms with Crippen molar-refractivity contribution >= 4 is 17.3 Å². The number of aromatic nitrogens is 3. The van der Waals surface area contributed by atoms with Crippen molar-refractivity contribution in [1.29, 1.82) is 0 Å². The number of hydrogen-bond donors (Lipinski definition) is 2. The van der Waals surface area contributed by atoms with Crippen molar-refractivity contribution in [3.8, 4) is 11.3 Å². The molecular formula is C12H9N5O3. The molecule has 20 heavy (non-hydrogen) atoms. The third-order valence-electron chi connectivity index (χ3n) is 2.87. The Morgan fingerprint density at radius 3 is 2.70 bits per heavy atom. The van der Waals surface area contributed by atoms with Crippen LogP contribution in [0.1, 0.15) is 0 Å². The molecule has 0 amide bonds. The van der Waals surface area contributed by atoms with Gasteiger partial charge in [-0.3, -0.25) is 4.40 Å². The molecular weight excluding hydrogens is 262 g/mol. The highest BCUT2D eigenvalue weighted by Gasteiger charge is 2.15. The molecule has 8 nitrogen and oxygen atoms in total. The van der Waals surface area contributed by atoms with Crippen molar-refractivity contribution in [1.82, 2.24) is 14.4 Å². The van der Waals surface area contributed by atoms with E-state index in [1.54, 1.807) is 30.6 Å². The third-order valence-corrected chi connectivity index (χ3v) is 2.87. The number of quaternary nitrogens is 1. The summed E-state index contributed by atoms with van der Waals surface area (Å²) < 4.78 is 1.48. The van der Waals surface area contributed by atoms with Crippen molar-refractivity contribution < 1.29 is 10.4 Å². The molecule has 0 saturated heterocycles. The van der Waals surface area contributed by atoms with E-state index in [1.807, 2.05) is 0 Å². The molecule has 2 aromatic heterocycles. The quantitative estimate of drug-likeness (QED) is 0.549. The number of nitrogens with zero attached hydrogens (tertiary/aromatic N) is 4. The van der Waals surface area contributed by atoms with Crippen LogP contribution in [-0.4, -0.2) is 19.6 Å². The molecule has 2 heterocycles. The zero-order chi connectivity index (χ0) is 14.1. The summed E-state index contributed by atoms with van der Waals surface area (Å²) in [4.78, 5) is 19.3. The van der Waals surface area contributed by atoms with Crippen LogP contribution in [0.2, 0.25) is 0 Å².